The molecule has 0 aromatic rings. The fourth-order valence-electron chi connectivity index (χ4n) is 6.93. The van der Waals surface area contributed by atoms with Crippen molar-refractivity contribution in [2.45, 2.75) is 168 Å². The molecule has 0 radical (unpaired) electrons. The highest BCUT2D eigenvalue weighted by atomic mass is 16.5. The van der Waals surface area contributed by atoms with Crippen LogP contribution in [0.15, 0.2) is 29.3 Å². The summed E-state index contributed by atoms with van der Waals surface area (Å²) in [5.41, 5.74) is 10.5. The number of esters is 2. The fraction of sp³-hybridized carbons (Fsp3) is 0.829. The van der Waals surface area contributed by atoms with Gasteiger partial charge in [0.1, 0.15) is 0 Å². The first-order chi connectivity index (χ1) is 22.4. The van der Waals surface area contributed by atoms with E-state index in [0.29, 0.717) is 26.1 Å². The van der Waals surface area contributed by atoms with Gasteiger partial charge in [0.2, 0.25) is 0 Å². The summed E-state index contributed by atoms with van der Waals surface area (Å²) in [6.45, 7) is 10.2. The van der Waals surface area contributed by atoms with Crippen LogP contribution in [0.4, 0.5) is 0 Å². The Morgan fingerprint density at radius 3 is 1.57 bits per heavy atom. The third kappa shape index (κ3) is 22.5. The van der Waals surface area contributed by atoms with Gasteiger partial charge in [0.25, 0.3) is 0 Å². The molecule has 0 amide bonds. The summed E-state index contributed by atoms with van der Waals surface area (Å²) in [5.74, 6) is 1.11. The Kier molecular flexibility index (Phi) is 26.6. The Bertz CT molecular complexity index is 855. The average molecular weight is 642 g/mol. The van der Waals surface area contributed by atoms with E-state index in [1.165, 1.54) is 69.8 Å². The van der Waals surface area contributed by atoms with Crippen LogP contribution in [0.1, 0.15) is 168 Å². The van der Waals surface area contributed by atoms with Gasteiger partial charge in [-0.3, -0.25) is 9.59 Å². The van der Waals surface area contributed by atoms with Crippen molar-refractivity contribution in [1.82, 2.24) is 4.90 Å². The van der Waals surface area contributed by atoms with Crippen molar-refractivity contribution in [2.75, 3.05) is 33.9 Å². The Morgan fingerprint density at radius 1 is 0.674 bits per heavy atom. The molecule has 2 unspecified atom stereocenters. The normalized spacial score (nSPS) is 23.1. The van der Waals surface area contributed by atoms with Crippen LogP contribution in [0, 0.1) is 17.8 Å². The monoisotopic (exact) mass is 642 g/mol. The predicted octanol–water partition coefficient (Wildman–Crippen LogP) is 10.9. The van der Waals surface area contributed by atoms with E-state index in [4.69, 9.17) is 9.47 Å². The third-order valence-electron chi connectivity index (χ3n) is 9.56. The molecule has 0 aromatic heterocycles. The van der Waals surface area contributed by atoms with E-state index < -0.39 is 0 Å². The Morgan fingerprint density at radius 2 is 1.13 bits per heavy atom. The summed E-state index contributed by atoms with van der Waals surface area (Å²) in [4.78, 5) is 27.6. The lowest BCUT2D eigenvalue weighted by atomic mass is 9.79. The molecule has 46 heavy (non-hydrogen) atoms. The van der Waals surface area contributed by atoms with E-state index >= 15 is 0 Å². The summed E-state index contributed by atoms with van der Waals surface area (Å²) in [6, 6.07) is 0. The van der Waals surface area contributed by atoms with Crippen LogP contribution >= 0.6 is 0 Å². The molecular formula is C41H71NO4. The highest BCUT2D eigenvalue weighted by Gasteiger charge is 2.24. The predicted molar refractivity (Wildman–Crippen MR) is 193 cm³/mol. The largest absolute Gasteiger partial charge is 0.466 e. The smallest absolute Gasteiger partial charge is 0.305 e. The van der Waals surface area contributed by atoms with Gasteiger partial charge in [0.05, 0.1) is 13.2 Å². The van der Waals surface area contributed by atoms with E-state index in [-0.39, 0.29) is 23.8 Å². The van der Waals surface area contributed by atoms with E-state index in [1.54, 1.807) is 0 Å². The van der Waals surface area contributed by atoms with Gasteiger partial charge in [-0.15, -0.1) is 0 Å². The second-order valence-electron chi connectivity index (χ2n) is 14.0. The van der Waals surface area contributed by atoms with Crippen molar-refractivity contribution in [3.63, 3.8) is 0 Å². The second-order valence-corrected chi connectivity index (χ2v) is 14.0. The maximum Gasteiger partial charge on any atom is 0.305 e. The molecule has 1 fully saturated rings. The molecule has 5 heteroatoms. The van der Waals surface area contributed by atoms with Gasteiger partial charge in [0.15, 0.2) is 0 Å². The van der Waals surface area contributed by atoms with Gasteiger partial charge < -0.3 is 14.4 Å². The summed E-state index contributed by atoms with van der Waals surface area (Å²) >= 11 is 0. The number of nitrogens with zero attached hydrogens (tertiary/aromatic N) is 1. The second kappa shape index (κ2) is 29.1. The first-order valence-electron chi connectivity index (χ1n) is 19.3. The van der Waals surface area contributed by atoms with Crippen LogP contribution in [0.2, 0.25) is 0 Å². The van der Waals surface area contributed by atoms with Gasteiger partial charge in [-0.25, -0.2) is 0 Å². The van der Waals surface area contributed by atoms with Crippen molar-refractivity contribution in [1.29, 1.82) is 0 Å². The SMILES string of the molecule is C=C=C=C=C1C(CCCCC)CCOC(=O)CCCCCCCC(CN(C)C)CCCCCCCC(=O)OCCC1CCCCC. The molecular weight excluding hydrogens is 570 g/mol. The van der Waals surface area contributed by atoms with E-state index in [9.17, 15) is 9.59 Å². The summed E-state index contributed by atoms with van der Waals surface area (Å²) in [5, 5.41) is 0. The van der Waals surface area contributed by atoms with Crippen LogP contribution in [-0.4, -0.2) is 50.7 Å². The van der Waals surface area contributed by atoms with Crippen LogP contribution in [-0.2, 0) is 19.1 Å². The molecule has 0 aliphatic carbocycles. The minimum Gasteiger partial charge on any atom is -0.466 e. The molecule has 1 heterocycles. The number of hydrogen-bond acceptors (Lipinski definition) is 5. The number of carbonyl (C=O) groups excluding carboxylic acids is 2. The topological polar surface area (TPSA) is 55.8 Å². The first kappa shape index (κ1) is 42.0. The lowest BCUT2D eigenvalue weighted by Gasteiger charge is -2.26. The van der Waals surface area contributed by atoms with Gasteiger partial charge in [-0.05, 0) is 101 Å². The molecule has 1 saturated heterocycles. The Balaban J connectivity index is 2.99. The van der Waals surface area contributed by atoms with Gasteiger partial charge >= 0.3 is 11.9 Å². The zero-order valence-electron chi connectivity index (χ0n) is 30.6. The summed E-state index contributed by atoms with van der Waals surface area (Å²) in [7, 11) is 4.36. The molecule has 0 N–H and O–H groups in total. The minimum atomic E-state index is -0.0711. The number of ether oxygens (including phenoxy) is 2. The molecule has 1 rings (SSSR count). The summed E-state index contributed by atoms with van der Waals surface area (Å²) in [6.07, 6.45) is 25.6. The highest BCUT2D eigenvalue weighted by molar-refractivity contribution is 5.69. The third-order valence-corrected chi connectivity index (χ3v) is 9.56. The maximum absolute atomic E-state index is 12.7. The molecule has 2 atom stereocenters. The van der Waals surface area contributed by atoms with Crippen molar-refractivity contribution in [3.05, 3.63) is 29.3 Å². The van der Waals surface area contributed by atoms with E-state index in [0.717, 1.165) is 89.5 Å². The van der Waals surface area contributed by atoms with E-state index in [2.05, 4.69) is 56.6 Å². The standard InChI is InChI=1S/C41H71NO4/c1-6-9-18-26-37-31-33-45-40(43)29-22-16-12-14-20-24-36(35-42(4)5)25-21-15-13-17-23-30-41(44)46-34-32-38(27-19-10-7-2)39(37)28-11-8-3/h36-38H,3,6-7,9-10,12-27,29-35H2,1-2,4-5H3. The zero-order chi connectivity index (χ0) is 33.7. The van der Waals surface area contributed by atoms with Crippen molar-refractivity contribution >= 4 is 11.9 Å². The number of cyclic esters (lactones) is 2. The van der Waals surface area contributed by atoms with Crippen LogP contribution in [0.3, 0.4) is 0 Å². The van der Waals surface area contributed by atoms with E-state index in [1.807, 2.05) is 0 Å². The molecule has 5 nitrogen and oxygen atoms in total. The van der Waals surface area contributed by atoms with Crippen LogP contribution < -0.4 is 0 Å². The van der Waals surface area contributed by atoms with Gasteiger partial charge in [0, 0.05) is 19.4 Å². The van der Waals surface area contributed by atoms with Gasteiger partial charge in [-0.2, -0.15) is 0 Å². The molecule has 0 spiro atoms. The summed E-state index contributed by atoms with van der Waals surface area (Å²) < 4.78 is 11.6. The molecule has 1 aliphatic heterocycles. The first-order valence-corrected chi connectivity index (χ1v) is 19.3. The number of carbonyl (C=O) groups is 2. The lowest BCUT2D eigenvalue weighted by Crippen LogP contribution is -2.21. The molecule has 1 aliphatic rings. The Hall–Kier alpha value is -2.02. The van der Waals surface area contributed by atoms with Crippen molar-refractivity contribution in [3.8, 4) is 0 Å². The van der Waals surface area contributed by atoms with Crippen LogP contribution in [0.5, 0.6) is 0 Å². The number of allylic oxidation sites excluding steroid dienone is 1. The van der Waals surface area contributed by atoms with Crippen molar-refractivity contribution < 1.29 is 19.1 Å². The fourth-order valence-corrected chi connectivity index (χ4v) is 6.93. The highest BCUT2D eigenvalue weighted by Crippen LogP contribution is 2.33. The number of rotatable bonds is 10. The Labute approximate surface area is 284 Å². The average Bonchev–Trinajstić information content (AvgIpc) is 3.02. The molecule has 0 bridgehead atoms. The number of hydrogen-bond donors (Lipinski definition) is 0. The lowest BCUT2D eigenvalue weighted by molar-refractivity contribution is -0.144. The molecule has 0 saturated carbocycles. The van der Waals surface area contributed by atoms with Crippen LogP contribution in [0.25, 0.3) is 0 Å². The minimum absolute atomic E-state index is 0.0711. The van der Waals surface area contributed by atoms with Gasteiger partial charge in [-0.1, -0.05) is 115 Å². The maximum atomic E-state index is 12.7. The molecule has 0 aromatic carbocycles. The molecule has 264 valence electrons. The zero-order valence-corrected chi connectivity index (χ0v) is 30.6. The number of unbranched alkanes of at least 4 members (excludes halogenated alkanes) is 4. The quantitative estimate of drug-likeness (QED) is 0.135. The van der Waals surface area contributed by atoms with Crippen molar-refractivity contribution in [2.24, 2.45) is 17.8 Å².